The van der Waals surface area contributed by atoms with Crippen LogP contribution in [0.1, 0.15) is 27.7 Å². The van der Waals surface area contributed by atoms with Gasteiger partial charge in [-0.1, -0.05) is 21.5 Å². The van der Waals surface area contributed by atoms with E-state index in [-0.39, 0.29) is 10.6 Å². The van der Waals surface area contributed by atoms with E-state index in [1.807, 2.05) is 27.7 Å². The highest BCUT2D eigenvalue weighted by Gasteiger charge is 2.10. The number of rotatable bonds is 2. The predicted molar refractivity (Wildman–Crippen MR) is 47.4 cm³/mol. The van der Waals surface area contributed by atoms with Gasteiger partial charge in [0.15, 0.2) is 5.78 Å². The quantitative estimate of drug-likeness (QED) is 0.500. The summed E-state index contributed by atoms with van der Waals surface area (Å²) in [4.78, 5) is 11.1. The van der Waals surface area contributed by atoms with Gasteiger partial charge in [0, 0.05) is 0 Å². The highest BCUT2D eigenvalue weighted by atomic mass is 79.9. The first-order valence-corrected chi connectivity index (χ1v) is 4.20. The summed E-state index contributed by atoms with van der Waals surface area (Å²) in [6.45, 7) is 7.59. The molecule has 0 aromatic carbocycles. The van der Waals surface area contributed by atoms with Gasteiger partial charge in [-0.15, -0.1) is 0 Å². The number of carbonyl (C=O) groups excluding carboxylic acids is 1. The van der Waals surface area contributed by atoms with E-state index in [1.165, 1.54) is 0 Å². The van der Waals surface area contributed by atoms with E-state index in [0.29, 0.717) is 0 Å². The molecule has 0 aliphatic carbocycles. The zero-order valence-corrected chi connectivity index (χ0v) is 8.45. The molecule has 1 nitrogen and oxygen atoms in total. The Kier molecular flexibility index (Phi) is 3.87. The number of allylic oxidation sites excluding steroid dienone is 2. The smallest absolute Gasteiger partial charge is 0.171 e. The van der Waals surface area contributed by atoms with Crippen LogP contribution in [-0.2, 0) is 4.79 Å². The normalized spacial score (nSPS) is 12.5. The molecule has 0 aromatic heterocycles. The average molecular weight is 205 g/mol. The molecule has 0 spiro atoms. The third kappa shape index (κ3) is 2.65. The van der Waals surface area contributed by atoms with Gasteiger partial charge in [0.1, 0.15) is 0 Å². The monoisotopic (exact) mass is 204 g/mol. The number of hydrogen-bond donors (Lipinski definition) is 0. The maximum Gasteiger partial charge on any atom is 0.171 e. The van der Waals surface area contributed by atoms with Crippen molar-refractivity contribution in [3.8, 4) is 0 Å². The molecule has 0 rings (SSSR count). The van der Waals surface area contributed by atoms with Crippen molar-refractivity contribution in [2.75, 3.05) is 0 Å². The minimum atomic E-state index is -0.0533. The highest BCUT2D eigenvalue weighted by molar-refractivity contribution is 9.10. The van der Waals surface area contributed by atoms with Gasteiger partial charge in [-0.2, -0.15) is 0 Å². The number of alkyl halides is 1. The number of Topliss-reactive ketones (excluding diaryl/α,β-unsaturated/α-hetero) is 1. The molecular weight excluding hydrogens is 192 g/mol. The van der Waals surface area contributed by atoms with Crippen LogP contribution in [0.25, 0.3) is 0 Å². The Labute approximate surface area is 70.6 Å². The zero-order chi connectivity index (χ0) is 8.31. The van der Waals surface area contributed by atoms with E-state index in [1.54, 1.807) is 0 Å². The first-order chi connectivity index (χ1) is 4.46. The fraction of sp³-hybridized carbons (Fsp3) is 0.625. The standard InChI is InChI=1S/C8H13BrO/c1-5(2)6(3)8(10)7(4)9/h7H,1-4H3. The fourth-order valence-electron chi connectivity index (χ4n) is 0.545. The molecule has 0 bridgehead atoms. The van der Waals surface area contributed by atoms with Gasteiger partial charge in [0.05, 0.1) is 4.83 Å². The van der Waals surface area contributed by atoms with E-state index in [0.717, 1.165) is 11.1 Å². The van der Waals surface area contributed by atoms with Crippen molar-refractivity contribution in [2.24, 2.45) is 0 Å². The number of halogens is 1. The fourth-order valence-corrected chi connectivity index (χ4v) is 0.888. The van der Waals surface area contributed by atoms with Gasteiger partial charge >= 0.3 is 0 Å². The van der Waals surface area contributed by atoms with Crippen molar-refractivity contribution < 1.29 is 4.79 Å². The molecule has 0 saturated heterocycles. The highest BCUT2D eigenvalue weighted by Crippen LogP contribution is 2.10. The van der Waals surface area contributed by atoms with Crippen LogP contribution in [0.2, 0.25) is 0 Å². The van der Waals surface area contributed by atoms with E-state index >= 15 is 0 Å². The van der Waals surface area contributed by atoms with Crippen LogP contribution in [0.15, 0.2) is 11.1 Å². The predicted octanol–water partition coefficient (Wildman–Crippen LogP) is 2.70. The summed E-state index contributed by atoms with van der Waals surface area (Å²) in [6.07, 6.45) is 0. The lowest BCUT2D eigenvalue weighted by Gasteiger charge is -2.03. The molecule has 0 aromatic rings. The Hall–Kier alpha value is -0.110. The van der Waals surface area contributed by atoms with Crippen molar-refractivity contribution >= 4 is 21.7 Å². The van der Waals surface area contributed by atoms with Crippen LogP contribution in [0.4, 0.5) is 0 Å². The summed E-state index contributed by atoms with van der Waals surface area (Å²) < 4.78 is 0. The van der Waals surface area contributed by atoms with Gasteiger partial charge in [-0.3, -0.25) is 4.79 Å². The summed E-state index contributed by atoms with van der Waals surface area (Å²) in [5.74, 6) is 0.181. The van der Waals surface area contributed by atoms with Crippen LogP contribution < -0.4 is 0 Å². The van der Waals surface area contributed by atoms with Crippen molar-refractivity contribution in [3.05, 3.63) is 11.1 Å². The molecular formula is C8H13BrO. The lowest BCUT2D eigenvalue weighted by Crippen LogP contribution is -2.11. The third-order valence-corrected chi connectivity index (χ3v) is 1.90. The number of ketones is 1. The Morgan fingerprint density at radius 2 is 1.70 bits per heavy atom. The molecule has 0 aliphatic heterocycles. The molecule has 2 heteroatoms. The second-order valence-corrected chi connectivity index (χ2v) is 3.98. The van der Waals surface area contributed by atoms with Crippen molar-refractivity contribution in [1.82, 2.24) is 0 Å². The van der Waals surface area contributed by atoms with Crippen LogP contribution in [-0.4, -0.2) is 10.6 Å². The van der Waals surface area contributed by atoms with Gasteiger partial charge in [-0.25, -0.2) is 0 Å². The maximum absolute atomic E-state index is 11.2. The topological polar surface area (TPSA) is 17.1 Å². The molecule has 1 unspecified atom stereocenters. The largest absolute Gasteiger partial charge is 0.293 e. The Balaban J connectivity index is 4.38. The summed E-state index contributed by atoms with van der Waals surface area (Å²) in [5, 5.41) is 0. The zero-order valence-electron chi connectivity index (χ0n) is 6.86. The second kappa shape index (κ2) is 3.91. The Morgan fingerprint density at radius 1 is 1.30 bits per heavy atom. The van der Waals surface area contributed by atoms with Gasteiger partial charge in [0.25, 0.3) is 0 Å². The summed E-state index contributed by atoms with van der Waals surface area (Å²) in [5.41, 5.74) is 1.96. The molecule has 1 atom stereocenters. The van der Waals surface area contributed by atoms with Crippen LogP contribution in [0.5, 0.6) is 0 Å². The Morgan fingerprint density at radius 3 is 1.80 bits per heavy atom. The Bertz CT molecular complexity index is 164. The number of hydrogen-bond acceptors (Lipinski definition) is 1. The molecule has 10 heavy (non-hydrogen) atoms. The van der Waals surface area contributed by atoms with E-state index in [2.05, 4.69) is 15.9 Å². The van der Waals surface area contributed by atoms with Gasteiger partial charge < -0.3 is 0 Å². The van der Waals surface area contributed by atoms with Crippen molar-refractivity contribution in [2.45, 2.75) is 32.5 Å². The van der Waals surface area contributed by atoms with Crippen molar-refractivity contribution in [3.63, 3.8) is 0 Å². The lowest BCUT2D eigenvalue weighted by atomic mass is 10.1. The molecule has 0 radical (unpaired) electrons. The molecule has 0 N–H and O–H groups in total. The SMILES string of the molecule is CC(C)=C(C)C(=O)C(C)Br. The third-order valence-electron chi connectivity index (χ3n) is 1.48. The van der Waals surface area contributed by atoms with Crippen LogP contribution in [0.3, 0.4) is 0 Å². The number of carbonyl (C=O) groups is 1. The molecule has 0 heterocycles. The molecule has 0 saturated carbocycles. The summed E-state index contributed by atoms with van der Waals surface area (Å²) >= 11 is 3.22. The molecule has 58 valence electrons. The molecule has 0 aliphatic rings. The molecule has 0 fully saturated rings. The maximum atomic E-state index is 11.2. The van der Waals surface area contributed by atoms with Crippen LogP contribution >= 0.6 is 15.9 Å². The van der Waals surface area contributed by atoms with Gasteiger partial charge in [-0.05, 0) is 33.3 Å². The second-order valence-electron chi connectivity index (χ2n) is 2.61. The first kappa shape index (κ1) is 9.89. The summed E-state index contributed by atoms with van der Waals surface area (Å²) in [7, 11) is 0. The van der Waals surface area contributed by atoms with Crippen molar-refractivity contribution in [1.29, 1.82) is 0 Å². The van der Waals surface area contributed by atoms with E-state index in [4.69, 9.17) is 0 Å². The van der Waals surface area contributed by atoms with Crippen LogP contribution in [0, 0.1) is 0 Å². The minimum absolute atomic E-state index is 0.0533. The first-order valence-electron chi connectivity index (χ1n) is 3.29. The van der Waals surface area contributed by atoms with Gasteiger partial charge in [0.2, 0.25) is 0 Å². The minimum Gasteiger partial charge on any atom is -0.293 e. The molecule has 0 amide bonds. The lowest BCUT2D eigenvalue weighted by molar-refractivity contribution is -0.114. The summed E-state index contributed by atoms with van der Waals surface area (Å²) in [6, 6.07) is 0. The average Bonchev–Trinajstić information content (AvgIpc) is 1.84. The van der Waals surface area contributed by atoms with E-state index < -0.39 is 0 Å². The van der Waals surface area contributed by atoms with E-state index in [9.17, 15) is 4.79 Å².